The highest BCUT2D eigenvalue weighted by atomic mass is 16.6. The average molecular weight is 291 g/mol. The molecule has 1 aromatic carbocycles. The van der Waals surface area contributed by atoms with Crippen molar-refractivity contribution in [3.05, 3.63) is 23.4 Å². The molecular formula is C15H17NO5. The van der Waals surface area contributed by atoms with Crippen molar-refractivity contribution >= 4 is 17.9 Å². The summed E-state index contributed by atoms with van der Waals surface area (Å²) < 4.78 is 20.8. The van der Waals surface area contributed by atoms with Gasteiger partial charge in [-0.2, -0.15) is 0 Å². The summed E-state index contributed by atoms with van der Waals surface area (Å²) in [5, 5.41) is 0. The molecule has 0 amide bonds. The minimum atomic E-state index is -0.469. The fourth-order valence-electron chi connectivity index (χ4n) is 1.92. The number of hydrogen-bond donors (Lipinski definition) is 0. The lowest BCUT2D eigenvalue weighted by Crippen LogP contribution is -2.02. The molecule has 112 valence electrons. The molecule has 6 nitrogen and oxygen atoms in total. The molecular weight excluding hydrogens is 274 g/mol. The van der Waals surface area contributed by atoms with Crippen LogP contribution < -0.4 is 14.2 Å². The van der Waals surface area contributed by atoms with Gasteiger partial charge in [-0.05, 0) is 12.1 Å². The van der Waals surface area contributed by atoms with Crippen molar-refractivity contribution < 1.29 is 23.7 Å². The molecule has 1 aromatic rings. The molecule has 1 aliphatic rings. The first-order valence-corrected chi connectivity index (χ1v) is 6.44. The lowest BCUT2D eigenvalue weighted by molar-refractivity contribution is -0.130. The summed E-state index contributed by atoms with van der Waals surface area (Å²) >= 11 is 0. The molecule has 6 heteroatoms. The Hall–Kier alpha value is -2.50. The molecule has 0 unspecified atom stereocenters. The molecule has 0 aliphatic carbocycles. The van der Waals surface area contributed by atoms with Crippen LogP contribution in [0.15, 0.2) is 22.8 Å². The first kappa shape index (κ1) is 14.9. The van der Waals surface area contributed by atoms with Crippen molar-refractivity contribution in [2.75, 3.05) is 21.3 Å². The minimum Gasteiger partial charge on any atom is -0.496 e. The van der Waals surface area contributed by atoms with Gasteiger partial charge >= 0.3 is 5.97 Å². The number of aliphatic imine (C=N–C) groups is 1. The molecule has 2 rings (SSSR count). The van der Waals surface area contributed by atoms with Crippen LogP contribution in [-0.4, -0.2) is 33.2 Å². The molecule has 0 saturated heterocycles. The van der Waals surface area contributed by atoms with Crippen LogP contribution in [0, 0.1) is 0 Å². The van der Waals surface area contributed by atoms with Crippen molar-refractivity contribution in [3.63, 3.8) is 0 Å². The third-order valence-corrected chi connectivity index (χ3v) is 3.00. The van der Waals surface area contributed by atoms with E-state index in [9.17, 15) is 4.79 Å². The molecule has 0 spiro atoms. The second-order valence-corrected chi connectivity index (χ2v) is 4.23. The van der Waals surface area contributed by atoms with E-state index in [1.54, 1.807) is 32.4 Å². The fraction of sp³-hybridized carbons (Fsp3) is 0.333. The molecule has 0 aromatic heterocycles. The van der Waals surface area contributed by atoms with Gasteiger partial charge in [0.2, 0.25) is 0 Å². The van der Waals surface area contributed by atoms with Gasteiger partial charge in [0.05, 0.1) is 21.3 Å². The molecule has 0 atom stereocenters. The smallest absolute Gasteiger partial charge is 0.363 e. The molecule has 0 fully saturated rings. The minimum absolute atomic E-state index is 0.234. The van der Waals surface area contributed by atoms with Gasteiger partial charge in [0.25, 0.3) is 0 Å². The molecule has 0 N–H and O–H groups in total. The molecule has 0 radical (unpaired) electrons. The van der Waals surface area contributed by atoms with Crippen molar-refractivity contribution in [2.24, 2.45) is 4.99 Å². The van der Waals surface area contributed by atoms with Crippen molar-refractivity contribution in [1.29, 1.82) is 0 Å². The lowest BCUT2D eigenvalue weighted by atomic mass is 10.1. The number of ether oxygens (including phenoxy) is 4. The number of hydrogen-bond acceptors (Lipinski definition) is 6. The number of benzene rings is 1. The van der Waals surface area contributed by atoms with E-state index in [0.29, 0.717) is 35.1 Å². The fourth-order valence-corrected chi connectivity index (χ4v) is 1.92. The maximum Gasteiger partial charge on any atom is 0.363 e. The van der Waals surface area contributed by atoms with E-state index < -0.39 is 5.97 Å². The van der Waals surface area contributed by atoms with Gasteiger partial charge in [-0.15, -0.1) is 0 Å². The Morgan fingerprint density at radius 1 is 1.10 bits per heavy atom. The summed E-state index contributed by atoms with van der Waals surface area (Å²) in [6.07, 6.45) is 2.16. The van der Waals surface area contributed by atoms with Gasteiger partial charge in [0.15, 0.2) is 23.1 Å². The Bertz CT molecular complexity index is 619. The van der Waals surface area contributed by atoms with Crippen LogP contribution in [-0.2, 0) is 9.53 Å². The highest BCUT2D eigenvalue weighted by Gasteiger charge is 2.22. The first-order chi connectivity index (χ1) is 10.1. The highest BCUT2D eigenvalue weighted by Crippen LogP contribution is 2.36. The van der Waals surface area contributed by atoms with E-state index in [4.69, 9.17) is 18.9 Å². The van der Waals surface area contributed by atoms with Gasteiger partial charge in [-0.1, -0.05) is 6.92 Å². The van der Waals surface area contributed by atoms with Crippen LogP contribution >= 0.6 is 0 Å². The predicted octanol–water partition coefficient (Wildman–Crippen LogP) is 2.42. The monoisotopic (exact) mass is 291 g/mol. The van der Waals surface area contributed by atoms with Crippen LogP contribution in [0.25, 0.3) is 6.08 Å². The maximum absolute atomic E-state index is 11.7. The predicted molar refractivity (Wildman–Crippen MR) is 77.9 cm³/mol. The van der Waals surface area contributed by atoms with Gasteiger partial charge in [0.1, 0.15) is 5.75 Å². The number of methoxy groups -OCH3 is 3. The summed E-state index contributed by atoms with van der Waals surface area (Å²) in [7, 11) is 4.62. The number of cyclic esters (lactones) is 1. The van der Waals surface area contributed by atoms with Crippen molar-refractivity contribution in [2.45, 2.75) is 13.3 Å². The van der Waals surface area contributed by atoms with E-state index in [0.717, 1.165) is 0 Å². The Kier molecular flexibility index (Phi) is 4.47. The van der Waals surface area contributed by atoms with Crippen LogP contribution in [0.5, 0.6) is 17.2 Å². The molecule has 0 saturated carbocycles. The van der Waals surface area contributed by atoms with Crippen LogP contribution in [0.1, 0.15) is 18.9 Å². The Labute approximate surface area is 123 Å². The summed E-state index contributed by atoms with van der Waals surface area (Å²) in [5.41, 5.74) is 0.889. The second kappa shape index (κ2) is 6.30. The molecule has 0 bridgehead atoms. The third-order valence-electron chi connectivity index (χ3n) is 3.00. The topological polar surface area (TPSA) is 66.3 Å². The Balaban J connectivity index is 2.48. The van der Waals surface area contributed by atoms with E-state index in [2.05, 4.69) is 4.99 Å². The van der Waals surface area contributed by atoms with Gasteiger partial charge < -0.3 is 18.9 Å². The van der Waals surface area contributed by atoms with Crippen LogP contribution in [0.2, 0.25) is 0 Å². The first-order valence-electron chi connectivity index (χ1n) is 6.44. The van der Waals surface area contributed by atoms with Gasteiger partial charge in [-0.25, -0.2) is 9.79 Å². The second-order valence-electron chi connectivity index (χ2n) is 4.23. The molecule has 21 heavy (non-hydrogen) atoms. The van der Waals surface area contributed by atoms with Crippen molar-refractivity contribution in [1.82, 2.24) is 0 Å². The van der Waals surface area contributed by atoms with Gasteiger partial charge in [0, 0.05) is 18.1 Å². The summed E-state index contributed by atoms with van der Waals surface area (Å²) in [6.45, 7) is 1.87. The normalized spacial score (nSPS) is 15.7. The summed E-state index contributed by atoms with van der Waals surface area (Å²) in [4.78, 5) is 15.9. The Morgan fingerprint density at radius 2 is 1.71 bits per heavy atom. The Morgan fingerprint density at radius 3 is 2.24 bits per heavy atom. The summed E-state index contributed by atoms with van der Waals surface area (Å²) in [5.74, 6) is 1.57. The lowest BCUT2D eigenvalue weighted by Gasteiger charge is -2.12. The van der Waals surface area contributed by atoms with Crippen LogP contribution in [0.4, 0.5) is 0 Å². The summed E-state index contributed by atoms with van der Waals surface area (Å²) in [6, 6.07) is 3.41. The van der Waals surface area contributed by atoms with E-state index in [-0.39, 0.29) is 5.70 Å². The maximum atomic E-state index is 11.7. The zero-order valence-electron chi connectivity index (χ0n) is 12.4. The molecule has 1 aliphatic heterocycles. The van der Waals surface area contributed by atoms with E-state index in [1.807, 2.05) is 6.92 Å². The largest absolute Gasteiger partial charge is 0.496 e. The van der Waals surface area contributed by atoms with E-state index in [1.165, 1.54) is 7.11 Å². The number of esters is 1. The number of carbonyl (C=O) groups is 1. The zero-order chi connectivity index (χ0) is 15.4. The van der Waals surface area contributed by atoms with E-state index >= 15 is 0 Å². The number of rotatable bonds is 5. The van der Waals surface area contributed by atoms with Crippen molar-refractivity contribution in [3.8, 4) is 17.2 Å². The number of carbonyl (C=O) groups excluding carboxylic acids is 1. The highest BCUT2D eigenvalue weighted by molar-refractivity contribution is 6.07. The number of nitrogens with zero attached hydrogens (tertiary/aromatic N) is 1. The zero-order valence-corrected chi connectivity index (χ0v) is 12.4. The van der Waals surface area contributed by atoms with Crippen LogP contribution in [0.3, 0.4) is 0 Å². The quantitative estimate of drug-likeness (QED) is 0.615. The standard InChI is InChI=1S/C15H17NO5/c1-5-14-16-10(15(17)21-14)6-9-7-12(19-3)13(20-4)8-11(9)18-2/h6-8H,5H2,1-4H3/b10-6+. The molecule has 1 heterocycles. The third kappa shape index (κ3) is 2.99. The van der Waals surface area contributed by atoms with Gasteiger partial charge in [-0.3, -0.25) is 0 Å². The SMILES string of the molecule is CCC1=N/C(=C/c2cc(OC)c(OC)cc2OC)C(=O)O1. The average Bonchev–Trinajstić information content (AvgIpc) is 2.87.